The van der Waals surface area contributed by atoms with Crippen molar-refractivity contribution in [1.29, 1.82) is 0 Å². The third-order valence-electron chi connectivity index (χ3n) is 4.40. The van der Waals surface area contributed by atoms with Crippen LogP contribution in [-0.2, 0) is 11.4 Å². The highest BCUT2D eigenvalue weighted by molar-refractivity contribution is 5.80. The van der Waals surface area contributed by atoms with Crippen LogP contribution in [-0.4, -0.2) is 33.2 Å². The number of ether oxygens (including phenoxy) is 1. The van der Waals surface area contributed by atoms with E-state index in [0.29, 0.717) is 25.2 Å². The Balaban J connectivity index is 1.69. The first kappa shape index (κ1) is 16.8. The van der Waals surface area contributed by atoms with E-state index in [2.05, 4.69) is 0 Å². The minimum Gasteiger partial charge on any atom is -0.489 e. The van der Waals surface area contributed by atoms with Crippen LogP contribution >= 0.6 is 0 Å². The largest absolute Gasteiger partial charge is 0.489 e. The molecule has 0 unspecified atom stereocenters. The van der Waals surface area contributed by atoms with Gasteiger partial charge in [-0.25, -0.2) is 9.59 Å². The van der Waals surface area contributed by atoms with E-state index in [1.54, 1.807) is 24.3 Å². The standard InChI is InChI=1S/C19H19NO5/c21-18(22)17-11-10-16(20(17)19(23)24)14-6-8-15(9-7-14)25-12-13-4-2-1-3-5-13/h1-9,16-17H,10-12H2,(H,21,22)(H,23,24)/t16-,17+/m1/s1. The van der Waals surface area contributed by atoms with Crippen molar-refractivity contribution >= 4 is 12.1 Å². The molecule has 1 saturated heterocycles. The number of carboxylic acid groups (broad SMARTS) is 2. The molecule has 25 heavy (non-hydrogen) atoms. The lowest BCUT2D eigenvalue weighted by molar-refractivity contribution is -0.142. The third-order valence-corrected chi connectivity index (χ3v) is 4.40. The zero-order valence-electron chi connectivity index (χ0n) is 13.5. The van der Waals surface area contributed by atoms with Crippen LogP contribution in [0.5, 0.6) is 5.75 Å². The molecule has 1 aliphatic rings. The van der Waals surface area contributed by atoms with Gasteiger partial charge in [0, 0.05) is 0 Å². The third kappa shape index (κ3) is 3.74. The van der Waals surface area contributed by atoms with E-state index in [9.17, 15) is 19.8 Å². The number of likely N-dealkylation sites (tertiary alicyclic amines) is 1. The van der Waals surface area contributed by atoms with Crippen LogP contribution in [0.15, 0.2) is 54.6 Å². The maximum Gasteiger partial charge on any atom is 0.408 e. The average molecular weight is 341 g/mol. The summed E-state index contributed by atoms with van der Waals surface area (Å²) < 4.78 is 5.72. The molecule has 2 atom stereocenters. The number of hydrogen-bond acceptors (Lipinski definition) is 3. The molecule has 0 aromatic heterocycles. The summed E-state index contributed by atoms with van der Waals surface area (Å²) >= 11 is 0. The summed E-state index contributed by atoms with van der Waals surface area (Å²) in [5.74, 6) is -0.421. The van der Waals surface area contributed by atoms with Gasteiger partial charge < -0.3 is 14.9 Å². The molecule has 6 heteroatoms. The van der Waals surface area contributed by atoms with Crippen LogP contribution in [0.2, 0.25) is 0 Å². The lowest BCUT2D eigenvalue weighted by atomic mass is 10.0. The van der Waals surface area contributed by atoms with Crippen LogP contribution in [0.25, 0.3) is 0 Å². The fraction of sp³-hybridized carbons (Fsp3) is 0.263. The molecular formula is C19H19NO5. The second-order valence-electron chi connectivity index (χ2n) is 5.98. The highest BCUT2D eigenvalue weighted by atomic mass is 16.5. The monoisotopic (exact) mass is 341 g/mol. The molecule has 130 valence electrons. The maximum absolute atomic E-state index is 11.5. The van der Waals surface area contributed by atoms with Gasteiger partial charge in [0.25, 0.3) is 0 Å². The number of carboxylic acids is 1. The number of benzene rings is 2. The summed E-state index contributed by atoms with van der Waals surface area (Å²) in [5.41, 5.74) is 1.84. The first-order chi connectivity index (χ1) is 12.1. The Labute approximate surface area is 145 Å². The molecule has 2 aromatic rings. The van der Waals surface area contributed by atoms with Gasteiger partial charge in [-0.2, -0.15) is 0 Å². The molecule has 0 saturated carbocycles. The van der Waals surface area contributed by atoms with Gasteiger partial charge in [-0.15, -0.1) is 0 Å². The van der Waals surface area contributed by atoms with Crippen molar-refractivity contribution < 1.29 is 24.5 Å². The summed E-state index contributed by atoms with van der Waals surface area (Å²) in [7, 11) is 0. The normalized spacial score (nSPS) is 19.6. The number of amides is 1. The number of aliphatic carboxylic acids is 1. The van der Waals surface area contributed by atoms with Gasteiger partial charge >= 0.3 is 12.1 Å². The summed E-state index contributed by atoms with van der Waals surface area (Å²) in [6, 6.07) is 15.5. The minimum atomic E-state index is -1.21. The zero-order chi connectivity index (χ0) is 17.8. The molecular weight excluding hydrogens is 322 g/mol. The Hall–Kier alpha value is -3.02. The van der Waals surface area contributed by atoms with E-state index in [1.165, 1.54) is 0 Å². The Bertz CT molecular complexity index is 744. The van der Waals surface area contributed by atoms with Crippen LogP contribution in [0.1, 0.15) is 30.0 Å². The molecule has 1 heterocycles. The highest BCUT2D eigenvalue weighted by Crippen LogP contribution is 2.36. The Kier molecular flexibility index (Phi) is 4.88. The van der Waals surface area contributed by atoms with E-state index >= 15 is 0 Å². The molecule has 2 aromatic carbocycles. The van der Waals surface area contributed by atoms with E-state index < -0.39 is 24.1 Å². The van der Waals surface area contributed by atoms with Crippen molar-refractivity contribution in [1.82, 2.24) is 4.90 Å². The lowest BCUT2D eigenvalue weighted by Crippen LogP contribution is -2.40. The smallest absolute Gasteiger partial charge is 0.408 e. The van der Waals surface area contributed by atoms with Crippen molar-refractivity contribution in [3.63, 3.8) is 0 Å². The van der Waals surface area contributed by atoms with Crippen LogP contribution in [0, 0.1) is 0 Å². The molecule has 1 aliphatic heterocycles. The van der Waals surface area contributed by atoms with Crippen molar-refractivity contribution in [2.24, 2.45) is 0 Å². The number of rotatable bonds is 5. The SMILES string of the molecule is O=C(O)[C@@H]1CC[C@H](c2ccc(OCc3ccccc3)cc2)N1C(=O)O. The molecule has 1 amide bonds. The second kappa shape index (κ2) is 7.25. The Morgan fingerprint density at radius 2 is 1.68 bits per heavy atom. The molecule has 0 radical (unpaired) electrons. The summed E-state index contributed by atoms with van der Waals surface area (Å²) in [4.78, 5) is 23.7. The molecule has 0 spiro atoms. The maximum atomic E-state index is 11.5. The van der Waals surface area contributed by atoms with Crippen LogP contribution in [0.3, 0.4) is 0 Å². The van der Waals surface area contributed by atoms with Gasteiger partial charge in [0.15, 0.2) is 0 Å². The quantitative estimate of drug-likeness (QED) is 0.869. The fourth-order valence-electron chi connectivity index (χ4n) is 3.17. The van der Waals surface area contributed by atoms with E-state index in [1.807, 2.05) is 30.3 Å². The van der Waals surface area contributed by atoms with Crippen LogP contribution < -0.4 is 4.74 Å². The van der Waals surface area contributed by atoms with Gasteiger partial charge in [0.1, 0.15) is 18.4 Å². The number of hydrogen-bond donors (Lipinski definition) is 2. The molecule has 3 rings (SSSR count). The summed E-state index contributed by atoms with van der Waals surface area (Å²) in [6.07, 6.45) is -0.397. The van der Waals surface area contributed by atoms with E-state index in [4.69, 9.17) is 4.74 Å². The second-order valence-corrected chi connectivity index (χ2v) is 5.98. The van der Waals surface area contributed by atoms with Gasteiger partial charge in [0.2, 0.25) is 0 Å². The summed E-state index contributed by atoms with van der Waals surface area (Å²) in [5, 5.41) is 18.6. The van der Waals surface area contributed by atoms with E-state index in [-0.39, 0.29) is 0 Å². The molecule has 2 N–H and O–H groups in total. The highest BCUT2D eigenvalue weighted by Gasteiger charge is 2.41. The predicted octanol–water partition coefficient (Wildman–Crippen LogP) is 3.53. The fourth-order valence-corrected chi connectivity index (χ4v) is 3.17. The van der Waals surface area contributed by atoms with E-state index in [0.717, 1.165) is 16.0 Å². The molecule has 6 nitrogen and oxygen atoms in total. The Morgan fingerprint density at radius 1 is 1.00 bits per heavy atom. The molecule has 0 bridgehead atoms. The zero-order valence-corrected chi connectivity index (χ0v) is 13.5. The molecule has 1 fully saturated rings. The van der Waals surface area contributed by atoms with Crippen molar-refractivity contribution in [2.45, 2.75) is 31.5 Å². The van der Waals surface area contributed by atoms with Gasteiger partial charge in [0.05, 0.1) is 6.04 Å². The van der Waals surface area contributed by atoms with Gasteiger partial charge in [-0.1, -0.05) is 42.5 Å². The van der Waals surface area contributed by atoms with Gasteiger partial charge in [-0.3, -0.25) is 4.90 Å². The summed E-state index contributed by atoms with van der Waals surface area (Å²) in [6.45, 7) is 0.450. The van der Waals surface area contributed by atoms with Crippen LogP contribution in [0.4, 0.5) is 4.79 Å². The predicted molar refractivity (Wildman–Crippen MR) is 90.5 cm³/mol. The van der Waals surface area contributed by atoms with Crippen molar-refractivity contribution in [3.05, 3.63) is 65.7 Å². The Morgan fingerprint density at radius 3 is 2.28 bits per heavy atom. The van der Waals surface area contributed by atoms with Crippen molar-refractivity contribution in [3.8, 4) is 5.75 Å². The molecule has 0 aliphatic carbocycles. The minimum absolute atomic E-state index is 0.318. The van der Waals surface area contributed by atoms with Gasteiger partial charge in [-0.05, 0) is 36.1 Å². The van der Waals surface area contributed by atoms with Crippen molar-refractivity contribution in [2.75, 3.05) is 0 Å². The lowest BCUT2D eigenvalue weighted by Gasteiger charge is -2.25. The average Bonchev–Trinajstić information content (AvgIpc) is 3.07. The first-order valence-electron chi connectivity index (χ1n) is 8.07. The topological polar surface area (TPSA) is 87.1 Å². The first-order valence-corrected chi connectivity index (χ1v) is 8.07. The number of nitrogens with zero attached hydrogens (tertiary/aromatic N) is 1. The number of carbonyl (C=O) groups is 2.